The Morgan fingerprint density at radius 3 is 2.14 bits per heavy atom. The van der Waals surface area contributed by atoms with Crippen molar-refractivity contribution in [3.8, 4) is 11.1 Å². The summed E-state index contributed by atoms with van der Waals surface area (Å²) in [7, 11) is 0. The molecule has 0 aliphatic carbocycles. The summed E-state index contributed by atoms with van der Waals surface area (Å²) in [6, 6.07) is 6.60. The molecule has 0 amide bonds. The Morgan fingerprint density at radius 2 is 1.57 bits per heavy atom. The quantitative estimate of drug-likeness (QED) is 0.519. The van der Waals surface area contributed by atoms with Gasteiger partial charge in [-0.2, -0.15) is 13.9 Å². The van der Waals surface area contributed by atoms with Crippen molar-refractivity contribution < 1.29 is 30.7 Å². The van der Waals surface area contributed by atoms with Crippen LogP contribution in [0.4, 0.5) is 36.4 Å². The van der Waals surface area contributed by atoms with Gasteiger partial charge in [-0.1, -0.05) is 6.07 Å². The highest BCUT2D eigenvalue weighted by molar-refractivity contribution is 5.68. The molecule has 0 saturated heterocycles. The van der Waals surface area contributed by atoms with Gasteiger partial charge >= 0.3 is 6.55 Å². The van der Waals surface area contributed by atoms with E-state index in [0.29, 0.717) is 6.20 Å². The molecule has 1 N–H and O–H groups in total. The van der Waals surface area contributed by atoms with Crippen molar-refractivity contribution in [2.75, 3.05) is 5.32 Å². The molecule has 0 bridgehead atoms. The number of anilines is 1. The van der Waals surface area contributed by atoms with Gasteiger partial charge in [0.1, 0.15) is 23.1 Å². The second-order valence-electron chi connectivity index (χ2n) is 5.73. The molecule has 1 heterocycles. The number of hydrogen-bond donors (Lipinski definition) is 1. The predicted octanol–water partition coefficient (Wildman–Crippen LogP) is 5.91. The monoisotopic (exact) mass is 403 g/mol. The molecule has 0 saturated carbocycles. The topological polar surface area (TPSA) is 29.9 Å². The molecule has 0 spiro atoms. The molecule has 148 valence electrons. The van der Waals surface area contributed by atoms with E-state index in [1.807, 2.05) is 0 Å². The van der Waals surface area contributed by atoms with Gasteiger partial charge in [-0.25, -0.2) is 26.6 Å². The van der Waals surface area contributed by atoms with E-state index in [0.717, 1.165) is 24.3 Å². The predicted molar refractivity (Wildman–Crippen MR) is 87.5 cm³/mol. The lowest BCUT2D eigenvalue weighted by atomic mass is 10.1. The number of halogens is 7. The Balaban J connectivity index is 1.87. The molecule has 0 atom stereocenters. The Hall–Kier alpha value is -3.04. The van der Waals surface area contributed by atoms with Crippen molar-refractivity contribution in [3.63, 3.8) is 0 Å². The van der Waals surface area contributed by atoms with Gasteiger partial charge in [0.25, 0.3) is 6.43 Å². The van der Waals surface area contributed by atoms with Gasteiger partial charge in [0, 0.05) is 35.1 Å². The summed E-state index contributed by atoms with van der Waals surface area (Å²) >= 11 is 0. The first kappa shape index (κ1) is 19.7. The standard InChI is InChI=1S/C18H12F7N3/c19-13-2-1-3-14(20)11(13)7-26-9-4-5-10(15(21)6-9)12-8-28(18(24)25)27-16(12)17(22)23/h1-6,8,17-18,26H,7H2. The van der Waals surface area contributed by atoms with Crippen molar-refractivity contribution in [2.24, 2.45) is 0 Å². The van der Waals surface area contributed by atoms with Crippen LogP contribution in [0.5, 0.6) is 0 Å². The van der Waals surface area contributed by atoms with E-state index in [-0.39, 0.29) is 28.0 Å². The Labute approximate surface area is 154 Å². The normalized spacial score (nSPS) is 11.5. The van der Waals surface area contributed by atoms with Crippen molar-refractivity contribution >= 4 is 5.69 Å². The zero-order chi connectivity index (χ0) is 20.4. The molecule has 0 aliphatic rings. The van der Waals surface area contributed by atoms with E-state index in [9.17, 15) is 30.7 Å². The second kappa shape index (κ2) is 7.91. The minimum absolute atomic E-state index is 0.0172. The number of nitrogens with one attached hydrogen (secondary N) is 1. The molecule has 0 aliphatic heterocycles. The van der Waals surface area contributed by atoms with E-state index in [1.54, 1.807) is 0 Å². The molecule has 2 aromatic carbocycles. The first-order valence-electron chi connectivity index (χ1n) is 7.90. The third kappa shape index (κ3) is 3.95. The number of rotatable bonds is 6. The largest absolute Gasteiger partial charge is 0.381 e. The lowest BCUT2D eigenvalue weighted by molar-refractivity contribution is 0.0537. The van der Waals surface area contributed by atoms with Crippen molar-refractivity contribution in [1.82, 2.24) is 9.78 Å². The summed E-state index contributed by atoms with van der Waals surface area (Å²) in [5, 5.41) is 5.71. The molecule has 0 unspecified atom stereocenters. The third-order valence-electron chi connectivity index (χ3n) is 3.96. The van der Waals surface area contributed by atoms with Crippen molar-refractivity contribution in [2.45, 2.75) is 19.5 Å². The molecule has 1 aromatic heterocycles. The fourth-order valence-electron chi connectivity index (χ4n) is 2.61. The number of aromatic nitrogens is 2. The molecule has 10 heteroatoms. The Bertz CT molecular complexity index is 965. The fraction of sp³-hybridized carbons (Fsp3) is 0.167. The lowest BCUT2D eigenvalue weighted by Gasteiger charge is -2.10. The van der Waals surface area contributed by atoms with E-state index < -0.39 is 41.7 Å². The van der Waals surface area contributed by atoms with Gasteiger partial charge in [0.05, 0.1) is 0 Å². The lowest BCUT2D eigenvalue weighted by Crippen LogP contribution is -2.05. The molecule has 0 radical (unpaired) electrons. The van der Waals surface area contributed by atoms with Gasteiger partial charge in [-0.3, -0.25) is 0 Å². The first-order chi connectivity index (χ1) is 13.3. The maximum Gasteiger partial charge on any atom is 0.333 e. The van der Waals surface area contributed by atoms with Gasteiger partial charge in [-0.15, -0.1) is 0 Å². The van der Waals surface area contributed by atoms with Crippen LogP contribution in [0.2, 0.25) is 0 Å². The average Bonchev–Trinajstić information content (AvgIpc) is 3.07. The number of alkyl halides is 4. The highest BCUT2D eigenvalue weighted by atomic mass is 19.3. The molecule has 3 rings (SSSR count). The van der Waals surface area contributed by atoms with Crippen LogP contribution in [0.3, 0.4) is 0 Å². The van der Waals surface area contributed by atoms with E-state index in [1.165, 1.54) is 12.1 Å². The second-order valence-corrected chi connectivity index (χ2v) is 5.73. The highest BCUT2D eigenvalue weighted by Crippen LogP contribution is 2.34. The van der Waals surface area contributed by atoms with Crippen LogP contribution in [0.25, 0.3) is 11.1 Å². The van der Waals surface area contributed by atoms with Gasteiger partial charge in [0.2, 0.25) is 0 Å². The first-order valence-corrected chi connectivity index (χ1v) is 7.90. The number of hydrogen-bond acceptors (Lipinski definition) is 2. The fourth-order valence-corrected chi connectivity index (χ4v) is 2.61. The van der Waals surface area contributed by atoms with E-state index >= 15 is 0 Å². The maximum atomic E-state index is 14.4. The summed E-state index contributed by atoms with van der Waals surface area (Å²) in [5.41, 5.74) is -1.95. The van der Waals surface area contributed by atoms with Crippen molar-refractivity contribution in [1.29, 1.82) is 0 Å². The summed E-state index contributed by atoms with van der Waals surface area (Å²) in [5.74, 6) is -2.56. The average molecular weight is 403 g/mol. The maximum absolute atomic E-state index is 14.4. The zero-order valence-corrected chi connectivity index (χ0v) is 13.9. The molecule has 3 nitrogen and oxygen atoms in total. The van der Waals surface area contributed by atoms with E-state index in [2.05, 4.69) is 10.4 Å². The Kier molecular flexibility index (Phi) is 5.57. The summed E-state index contributed by atoms with van der Waals surface area (Å²) in [6.07, 6.45) is -2.55. The van der Waals surface area contributed by atoms with Crippen LogP contribution >= 0.6 is 0 Å². The van der Waals surface area contributed by atoms with Crippen LogP contribution in [-0.2, 0) is 6.54 Å². The highest BCUT2D eigenvalue weighted by Gasteiger charge is 2.24. The summed E-state index contributed by atoms with van der Waals surface area (Å²) < 4.78 is 93.2. The molecular weight excluding hydrogens is 391 g/mol. The van der Waals surface area contributed by atoms with Gasteiger partial charge < -0.3 is 5.32 Å². The SMILES string of the molecule is Fc1cc(NCc2c(F)cccc2F)ccc1-c1cn(C(F)F)nc1C(F)F. The van der Waals surface area contributed by atoms with Crippen molar-refractivity contribution in [3.05, 3.63) is 71.3 Å². The smallest absolute Gasteiger partial charge is 0.333 e. The van der Waals surface area contributed by atoms with Gasteiger partial charge in [-0.05, 0) is 30.3 Å². The minimum Gasteiger partial charge on any atom is -0.381 e. The molecule has 0 fully saturated rings. The number of benzene rings is 2. The van der Waals surface area contributed by atoms with Crippen LogP contribution in [0.1, 0.15) is 24.2 Å². The van der Waals surface area contributed by atoms with Crippen LogP contribution < -0.4 is 5.32 Å². The summed E-state index contributed by atoms with van der Waals surface area (Å²) in [4.78, 5) is 0. The summed E-state index contributed by atoms with van der Waals surface area (Å²) in [6.45, 7) is -3.45. The molecular formula is C18H12F7N3. The number of nitrogens with zero attached hydrogens (tertiary/aromatic N) is 2. The Morgan fingerprint density at radius 1 is 0.893 bits per heavy atom. The van der Waals surface area contributed by atoms with Crippen LogP contribution in [0, 0.1) is 17.5 Å². The van der Waals surface area contributed by atoms with Crippen LogP contribution in [0.15, 0.2) is 42.6 Å². The van der Waals surface area contributed by atoms with Gasteiger partial charge in [0.15, 0.2) is 0 Å². The molecule has 28 heavy (non-hydrogen) atoms. The minimum atomic E-state index is -3.18. The third-order valence-corrected chi connectivity index (χ3v) is 3.96. The van der Waals surface area contributed by atoms with E-state index in [4.69, 9.17) is 0 Å². The molecule has 3 aromatic rings. The van der Waals surface area contributed by atoms with Crippen LogP contribution in [-0.4, -0.2) is 9.78 Å². The zero-order valence-electron chi connectivity index (χ0n) is 13.9.